The molecule has 1 aromatic heterocycles. The molecule has 2 aromatic rings. The van der Waals surface area contributed by atoms with E-state index in [4.69, 9.17) is 0 Å². The maximum absolute atomic E-state index is 12.9. The SMILES string of the molecule is C=Cn1cc(CNc2ccc(F)c(F)c2)cn1. The average Bonchev–Trinajstić information content (AvgIpc) is 2.79. The Morgan fingerprint density at radius 1 is 1.35 bits per heavy atom. The standard InChI is InChI=1S/C12H11F2N3/c1-2-17-8-9(7-16-17)6-15-10-3-4-11(13)12(14)5-10/h2-5,7-8,15H,1,6H2. The van der Waals surface area contributed by atoms with Gasteiger partial charge in [0.15, 0.2) is 11.6 Å². The summed E-state index contributed by atoms with van der Waals surface area (Å²) < 4.78 is 27.2. The Labute approximate surface area is 97.4 Å². The van der Waals surface area contributed by atoms with Crippen LogP contribution in [-0.2, 0) is 6.54 Å². The van der Waals surface area contributed by atoms with Crippen LogP contribution in [0.4, 0.5) is 14.5 Å². The van der Waals surface area contributed by atoms with E-state index >= 15 is 0 Å². The summed E-state index contributed by atoms with van der Waals surface area (Å²) in [6.07, 6.45) is 5.04. The van der Waals surface area contributed by atoms with Crippen LogP contribution in [0, 0.1) is 11.6 Å². The van der Waals surface area contributed by atoms with E-state index in [2.05, 4.69) is 17.0 Å². The molecule has 0 aliphatic rings. The summed E-state index contributed by atoms with van der Waals surface area (Å²) in [7, 11) is 0. The fourth-order valence-corrected chi connectivity index (χ4v) is 1.38. The van der Waals surface area contributed by atoms with Crippen LogP contribution in [0.2, 0.25) is 0 Å². The van der Waals surface area contributed by atoms with Crippen molar-refractivity contribution in [1.29, 1.82) is 0 Å². The number of nitrogens with one attached hydrogen (secondary N) is 1. The molecule has 0 atom stereocenters. The molecule has 17 heavy (non-hydrogen) atoms. The first kappa shape index (κ1) is 11.3. The Balaban J connectivity index is 2.01. The van der Waals surface area contributed by atoms with Gasteiger partial charge in [0.1, 0.15) is 0 Å². The van der Waals surface area contributed by atoms with E-state index in [1.54, 1.807) is 23.3 Å². The molecule has 3 nitrogen and oxygen atoms in total. The summed E-state index contributed by atoms with van der Waals surface area (Å²) in [5.74, 6) is -1.72. The molecule has 0 saturated carbocycles. The van der Waals surface area contributed by atoms with E-state index in [9.17, 15) is 8.78 Å². The first-order chi connectivity index (χ1) is 8.19. The Morgan fingerprint density at radius 2 is 2.18 bits per heavy atom. The summed E-state index contributed by atoms with van der Waals surface area (Å²) in [5.41, 5.74) is 1.45. The van der Waals surface area contributed by atoms with Gasteiger partial charge in [-0.15, -0.1) is 0 Å². The predicted molar refractivity (Wildman–Crippen MR) is 62.3 cm³/mol. The highest BCUT2D eigenvalue weighted by molar-refractivity contribution is 5.43. The van der Waals surface area contributed by atoms with Gasteiger partial charge in [0.25, 0.3) is 0 Å². The molecular weight excluding hydrogens is 224 g/mol. The molecule has 1 N–H and O–H groups in total. The maximum atomic E-state index is 12.9. The lowest BCUT2D eigenvalue weighted by Gasteiger charge is -2.04. The van der Waals surface area contributed by atoms with Gasteiger partial charge < -0.3 is 5.32 Å². The fourth-order valence-electron chi connectivity index (χ4n) is 1.38. The number of anilines is 1. The first-order valence-corrected chi connectivity index (χ1v) is 5.03. The Bertz CT molecular complexity index is 534. The largest absolute Gasteiger partial charge is 0.381 e. The Hall–Kier alpha value is -2.17. The van der Waals surface area contributed by atoms with E-state index < -0.39 is 11.6 Å². The number of hydrogen-bond donors (Lipinski definition) is 1. The van der Waals surface area contributed by atoms with Gasteiger partial charge in [-0.05, 0) is 12.1 Å². The maximum Gasteiger partial charge on any atom is 0.160 e. The zero-order valence-electron chi connectivity index (χ0n) is 9.03. The molecule has 0 spiro atoms. The molecule has 0 bridgehead atoms. The summed E-state index contributed by atoms with van der Waals surface area (Å²) in [6.45, 7) is 4.06. The van der Waals surface area contributed by atoms with Gasteiger partial charge in [0.05, 0.1) is 6.20 Å². The minimum atomic E-state index is -0.864. The average molecular weight is 235 g/mol. The lowest BCUT2D eigenvalue weighted by atomic mass is 10.3. The van der Waals surface area contributed by atoms with Crippen molar-refractivity contribution in [3.63, 3.8) is 0 Å². The topological polar surface area (TPSA) is 29.9 Å². The minimum absolute atomic E-state index is 0.485. The highest BCUT2D eigenvalue weighted by Crippen LogP contribution is 2.14. The molecule has 0 amide bonds. The fraction of sp³-hybridized carbons (Fsp3) is 0.0833. The second kappa shape index (κ2) is 4.78. The van der Waals surface area contributed by atoms with Crippen molar-refractivity contribution in [1.82, 2.24) is 9.78 Å². The second-order valence-electron chi connectivity index (χ2n) is 3.49. The zero-order chi connectivity index (χ0) is 12.3. The Morgan fingerprint density at radius 3 is 2.82 bits per heavy atom. The zero-order valence-corrected chi connectivity index (χ0v) is 9.03. The summed E-state index contributed by atoms with van der Waals surface area (Å²) in [6, 6.07) is 3.69. The monoisotopic (exact) mass is 235 g/mol. The molecule has 2 rings (SSSR count). The molecule has 0 saturated heterocycles. The molecule has 0 aliphatic heterocycles. The molecule has 88 valence electrons. The lowest BCUT2D eigenvalue weighted by Crippen LogP contribution is -1.99. The van der Waals surface area contributed by atoms with Gasteiger partial charge in [-0.2, -0.15) is 5.10 Å². The molecule has 0 aliphatic carbocycles. The van der Waals surface area contributed by atoms with E-state index in [1.165, 1.54) is 6.07 Å². The van der Waals surface area contributed by atoms with Crippen LogP contribution in [0.1, 0.15) is 5.56 Å². The van der Waals surface area contributed by atoms with Gasteiger partial charge in [-0.1, -0.05) is 6.58 Å². The third kappa shape index (κ3) is 2.69. The summed E-state index contributed by atoms with van der Waals surface area (Å²) in [5, 5.41) is 6.98. The molecule has 5 heteroatoms. The quantitative estimate of drug-likeness (QED) is 0.883. The van der Waals surface area contributed by atoms with Crippen molar-refractivity contribution in [2.45, 2.75) is 6.54 Å². The highest BCUT2D eigenvalue weighted by Gasteiger charge is 2.02. The lowest BCUT2D eigenvalue weighted by molar-refractivity contribution is 0.509. The second-order valence-corrected chi connectivity index (χ2v) is 3.49. The van der Waals surface area contributed by atoms with Crippen LogP contribution in [0.25, 0.3) is 6.20 Å². The molecular formula is C12H11F2N3. The Kier molecular flexibility index (Phi) is 3.18. The number of aromatic nitrogens is 2. The summed E-state index contributed by atoms with van der Waals surface area (Å²) >= 11 is 0. The number of benzene rings is 1. The van der Waals surface area contributed by atoms with Crippen LogP contribution in [-0.4, -0.2) is 9.78 Å². The molecule has 1 heterocycles. The van der Waals surface area contributed by atoms with E-state index in [-0.39, 0.29) is 0 Å². The molecule has 0 unspecified atom stereocenters. The van der Waals surface area contributed by atoms with Crippen molar-refractivity contribution in [2.75, 3.05) is 5.32 Å². The van der Waals surface area contributed by atoms with Gasteiger partial charge in [-0.25, -0.2) is 13.5 Å². The van der Waals surface area contributed by atoms with Crippen molar-refractivity contribution < 1.29 is 8.78 Å². The van der Waals surface area contributed by atoms with Crippen molar-refractivity contribution in [3.8, 4) is 0 Å². The molecule has 0 fully saturated rings. The third-order valence-electron chi connectivity index (χ3n) is 2.26. The van der Waals surface area contributed by atoms with Crippen molar-refractivity contribution >= 4 is 11.9 Å². The van der Waals surface area contributed by atoms with E-state index in [0.29, 0.717) is 12.2 Å². The van der Waals surface area contributed by atoms with Crippen LogP contribution < -0.4 is 5.32 Å². The van der Waals surface area contributed by atoms with Crippen LogP contribution in [0.15, 0.2) is 37.2 Å². The first-order valence-electron chi connectivity index (χ1n) is 5.03. The third-order valence-corrected chi connectivity index (χ3v) is 2.26. The molecule has 0 radical (unpaired) electrons. The van der Waals surface area contributed by atoms with Gasteiger partial charge >= 0.3 is 0 Å². The number of halogens is 2. The van der Waals surface area contributed by atoms with Gasteiger partial charge in [0, 0.05) is 36.3 Å². The van der Waals surface area contributed by atoms with Gasteiger partial charge in [-0.3, -0.25) is 0 Å². The molecule has 1 aromatic carbocycles. The number of rotatable bonds is 4. The van der Waals surface area contributed by atoms with Gasteiger partial charge in [0.2, 0.25) is 0 Å². The van der Waals surface area contributed by atoms with E-state index in [0.717, 1.165) is 17.7 Å². The smallest absolute Gasteiger partial charge is 0.160 e. The highest BCUT2D eigenvalue weighted by atomic mass is 19.2. The number of nitrogens with zero attached hydrogens (tertiary/aromatic N) is 2. The van der Waals surface area contributed by atoms with Crippen LogP contribution in [0.5, 0.6) is 0 Å². The van der Waals surface area contributed by atoms with Crippen LogP contribution >= 0.6 is 0 Å². The predicted octanol–water partition coefficient (Wildman–Crippen LogP) is 2.87. The van der Waals surface area contributed by atoms with Crippen LogP contribution in [0.3, 0.4) is 0 Å². The number of hydrogen-bond acceptors (Lipinski definition) is 2. The normalized spacial score (nSPS) is 10.2. The summed E-state index contributed by atoms with van der Waals surface area (Å²) in [4.78, 5) is 0. The minimum Gasteiger partial charge on any atom is -0.381 e. The van der Waals surface area contributed by atoms with Crippen molar-refractivity contribution in [2.24, 2.45) is 0 Å². The van der Waals surface area contributed by atoms with Crippen molar-refractivity contribution in [3.05, 3.63) is 54.4 Å². The van der Waals surface area contributed by atoms with E-state index in [1.807, 2.05) is 0 Å².